The first kappa shape index (κ1) is 19.8. The molecule has 0 heterocycles. The van der Waals surface area contributed by atoms with Crippen LogP contribution in [0.25, 0.3) is 0 Å². The maximum Gasteiger partial charge on any atom is 0.326 e. The number of hydrogen-bond donors (Lipinski definition) is 2. The number of nitrogens with one attached hydrogen (secondary N) is 1. The van der Waals surface area contributed by atoms with Gasteiger partial charge in [0.1, 0.15) is 17.7 Å². The van der Waals surface area contributed by atoms with Crippen molar-refractivity contribution in [2.75, 3.05) is 0 Å². The van der Waals surface area contributed by atoms with Crippen molar-refractivity contribution in [1.29, 1.82) is 0 Å². The number of aliphatic carboxylic acids is 1. The molecular formula is C18H23F2NO3. The van der Waals surface area contributed by atoms with E-state index in [4.69, 9.17) is 5.11 Å². The zero-order valence-electron chi connectivity index (χ0n) is 13.6. The quantitative estimate of drug-likeness (QED) is 0.478. The molecule has 132 valence electrons. The Bertz CT molecular complexity index is 555. The van der Waals surface area contributed by atoms with E-state index in [2.05, 4.69) is 11.9 Å². The molecule has 1 amide bonds. The molecule has 0 aliphatic carbocycles. The van der Waals surface area contributed by atoms with Crippen LogP contribution < -0.4 is 5.32 Å². The first-order valence-corrected chi connectivity index (χ1v) is 8.00. The number of unbranched alkanes of at least 4 members (excludes halogenated alkanes) is 4. The highest BCUT2D eigenvalue weighted by molar-refractivity contribution is 5.84. The van der Waals surface area contributed by atoms with Crippen molar-refractivity contribution in [2.45, 2.75) is 51.0 Å². The van der Waals surface area contributed by atoms with Crippen molar-refractivity contribution in [2.24, 2.45) is 0 Å². The van der Waals surface area contributed by atoms with Crippen LogP contribution in [0.3, 0.4) is 0 Å². The molecule has 2 N–H and O–H groups in total. The van der Waals surface area contributed by atoms with Crippen molar-refractivity contribution < 1.29 is 23.5 Å². The Morgan fingerprint density at radius 1 is 1.12 bits per heavy atom. The second-order valence-corrected chi connectivity index (χ2v) is 5.69. The molecule has 0 spiro atoms. The summed E-state index contributed by atoms with van der Waals surface area (Å²) in [7, 11) is 0. The number of benzene rings is 1. The molecule has 0 bridgehead atoms. The van der Waals surface area contributed by atoms with Crippen LogP contribution in [-0.4, -0.2) is 23.0 Å². The van der Waals surface area contributed by atoms with Gasteiger partial charge in [-0.25, -0.2) is 13.6 Å². The van der Waals surface area contributed by atoms with Gasteiger partial charge >= 0.3 is 5.97 Å². The number of rotatable bonds is 11. The first-order chi connectivity index (χ1) is 11.4. The van der Waals surface area contributed by atoms with Gasteiger partial charge in [0, 0.05) is 6.07 Å². The molecular weight excluding hydrogens is 316 g/mol. The molecule has 0 saturated carbocycles. The van der Waals surface area contributed by atoms with E-state index < -0.39 is 29.6 Å². The molecule has 6 heteroatoms. The maximum atomic E-state index is 13.1. The predicted octanol–water partition coefficient (Wildman–Crippen LogP) is 3.60. The number of carbonyl (C=O) groups excluding carboxylic acids is 1. The highest BCUT2D eigenvalue weighted by Crippen LogP contribution is 2.10. The summed E-state index contributed by atoms with van der Waals surface area (Å²) in [6, 6.07) is 1.83. The molecule has 1 rings (SSSR count). The fourth-order valence-corrected chi connectivity index (χ4v) is 2.39. The number of carbonyl (C=O) groups is 2. The molecule has 1 atom stereocenters. The lowest BCUT2D eigenvalue weighted by Gasteiger charge is -2.14. The van der Waals surface area contributed by atoms with Crippen LogP contribution >= 0.6 is 0 Å². The summed E-state index contributed by atoms with van der Waals surface area (Å²) in [4.78, 5) is 23.1. The number of carboxylic acid groups (broad SMARTS) is 1. The fraction of sp³-hybridized carbons (Fsp3) is 0.444. The van der Waals surface area contributed by atoms with Gasteiger partial charge in [-0.15, -0.1) is 6.58 Å². The van der Waals surface area contributed by atoms with E-state index >= 15 is 0 Å². The monoisotopic (exact) mass is 339 g/mol. The van der Waals surface area contributed by atoms with E-state index in [1.807, 2.05) is 6.08 Å². The molecule has 1 aromatic carbocycles. The minimum absolute atomic E-state index is 0.165. The molecule has 0 fully saturated rings. The summed E-state index contributed by atoms with van der Waals surface area (Å²) in [5.74, 6) is -3.22. The van der Waals surface area contributed by atoms with Crippen LogP contribution in [0.4, 0.5) is 8.78 Å². The number of amides is 1. The van der Waals surface area contributed by atoms with Crippen molar-refractivity contribution in [3.8, 4) is 0 Å². The minimum Gasteiger partial charge on any atom is -0.480 e. The van der Waals surface area contributed by atoms with Gasteiger partial charge in [0.2, 0.25) is 5.91 Å². The lowest BCUT2D eigenvalue weighted by atomic mass is 10.1. The van der Waals surface area contributed by atoms with Gasteiger partial charge < -0.3 is 10.4 Å². The normalized spacial score (nSPS) is 11.8. The maximum absolute atomic E-state index is 13.1. The number of allylic oxidation sites excluding steroid dienone is 1. The lowest BCUT2D eigenvalue weighted by molar-refractivity contribution is -0.142. The van der Waals surface area contributed by atoms with Gasteiger partial charge in [0.15, 0.2) is 0 Å². The van der Waals surface area contributed by atoms with Crippen LogP contribution in [0.15, 0.2) is 30.9 Å². The largest absolute Gasteiger partial charge is 0.480 e. The van der Waals surface area contributed by atoms with Crippen LogP contribution in [0.2, 0.25) is 0 Å². The Balaban J connectivity index is 2.44. The Hall–Kier alpha value is -2.24. The molecule has 0 aliphatic heterocycles. The van der Waals surface area contributed by atoms with Crippen molar-refractivity contribution in [3.63, 3.8) is 0 Å². The van der Waals surface area contributed by atoms with Crippen molar-refractivity contribution in [3.05, 3.63) is 48.1 Å². The van der Waals surface area contributed by atoms with Gasteiger partial charge in [-0.05, 0) is 37.0 Å². The van der Waals surface area contributed by atoms with Crippen molar-refractivity contribution in [1.82, 2.24) is 5.32 Å². The molecule has 0 unspecified atom stereocenters. The van der Waals surface area contributed by atoms with E-state index in [1.54, 1.807) is 0 Å². The number of halogens is 2. The molecule has 0 radical (unpaired) electrons. The topological polar surface area (TPSA) is 66.4 Å². The molecule has 0 aromatic heterocycles. The van der Waals surface area contributed by atoms with Crippen LogP contribution in [0, 0.1) is 11.6 Å². The van der Waals surface area contributed by atoms with Gasteiger partial charge in [-0.2, -0.15) is 0 Å². The number of carboxylic acids is 1. The summed E-state index contributed by atoms with van der Waals surface area (Å²) in [5, 5.41) is 11.6. The third-order valence-electron chi connectivity index (χ3n) is 3.57. The summed E-state index contributed by atoms with van der Waals surface area (Å²) in [6.07, 6.45) is 6.39. The van der Waals surface area contributed by atoms with E-state index in [-0.39, 0.29) is 12.0 Å². The SMILES string of the molecule is C=CCCCCCC[C@@H](NC(=O)Cc1cc(F)cc(F)c1)C(=O)O. The zero-order chi connectivity index (χ0) is 17.9. The summed E-state index contributed by atoms with van der Waals surface area (Å²) < 4.78 is 26.2. The predicted molar refractivity (Wildman–Crippen MR) is 87.5 cm³/mol. The Morgan fingerprint density at radius 3 is 2.33 bits per heavy atom. The Labute approximate surface area is 140 Å². The third-order valence-corrected chi connectivity index (χ3v) is 3.57. The van der Waals surface area contributed by atoms with Gasteiger partial charge in [-0.1, -0.05) is 25.3 Å². The van der Waals surface area contributed by atoms with Crippen molar-refractivity contribution >= 4 is 11.9 Å². The summed E-state index contributed by atoms with van der Waals surface area (Å²) >= 11 is 0. The molecule has 0 aliphatic rings. The van der Waals surface area contributed by atoms with E-state index in [0.29, 0.717) is 18.9 Å². The lowest BCUT2D eigenvalue weighted by Crippen LogP contribution is -2.41. The first-order valence-electron chi connectivity index (χ1n) is 8.00. The summed E-state index contributed by atoms with van der Waals surface area (Å²) in [6.45, 7) is 3.64. The average molecular weight is 339 g/mol. The average Bonchev–Trinajstić information content (AvgIpc) is 2.48. The Kier molecular flexibility index (Phi) is 8.68. The summed E-state index contributed by atoms with van der Waals surface area (Å²) in [5.41, 5.74) is 0.165. The van der Waals surface area contributed by atoms with E-state index in [0.717, 1.165) is 37.8 Å². The minimum atomic E-state index is -1.11. The van der Waals surface area contributed by atoms with Crippen LogP contribution in [0.1, 0.15) is 44.1 Å². The van der Waals surface area contributed by atoms with E-state index in [9.17, 15) is 18.4 Å². The molecule has 4 nitrogen and oxygen atoms in total. The highest BCUT2D eigenvalue weighted by atomic mass is 19.1. The fourth-order valence-electron chi connectivity index (χ4n) is 2.39. The molecule has 24 heavy (non-hydrogen) atoms. The van der Waals surface area contributed by atoms with Crippen LogP contribution in [-0.2, 0) is 16.0 Å². The standard InChI is InChI=1S/C18H23F2NO3/c1-2-3-4-5-6-7-8-16(18(23)24)21-17(22)11-13-9-14(19)12-15(20)10-13/h2,9-10,12,16H,1,3-8,11H2,(H,21,22)(H,23,24)/t16-/m1/s1. The number of hydrogen-bond acceptors (Lipinski definition) is 2. The Morgan fingerprint density at radius 2 is 1.75 bits per heavy atom. The van der Waals surface area contributed by atoms with Gasteiger partial charge in [-0.3, -0.25) is 4.79 Å². The van der Waals surface area contributed by atoms with Gasteiger partial charge in [0.05, 0.1) is 6.42 Å². The van der Waals surface area contributed by atoms with Gasteiger partial charge in [0.25, 0.3) is 0 Å². The smallest absolute Gasteiger partial charge is 0.326 e. The zero-order valence-corrected chi connectivity index (χ0v) is 13.6. The third kappa shape index (κ3) is 7.85. The van der Waals surface area contributed by atoms with E-state index in [1.165, 1.54) is 0 Å². The van der Waals surface area contributed by atoms with Crippen LogP contribution in [0.5, 0.6) is 0 Å². The second kappa shape index (κ2) is 10.5. The molecule has 1 aromatic rings. The second-order valence-electron chi connectivity index (χ2n) is 5.69. The highest BCUT2D eigenvalue weighted by Gasteiger charge is 2.19. The molecule has 0 saturated heterocycles.